The molecule has 1 saturated carbocycles. The minimum Gasteiger partial charge on any atom is -0.332 e. The van der Waals surface area contributed by atoms with Gasteiger partial charge in [-0.2, -0.15) is 0 Å². The number of halogens is 1. The van der Waals surface area contributed by atoms with E-state index in [2.05, 4.69) is 10.6 Å². The smallest absolute Gasteiger partial charge is 0.229 e. The van der Waals surface area contributed by atoms with E-state index < -0.39 is 0 Å². The highest BCUT2D eigenvalue weighted by molar-refractivity contribution is 7.80. The molecule has 0 radical (unpaired) electrons. The summed E-state index contributed by atoms with van der Waals surface area (Å²) in [6, 6.07) is 7.19. The highest BCUT2D eigenvalue weighted by Gasteiger charge is 2.21. The first-order chi connectivity index (χ1) is 9.15. The number of benzene rings is 1. The van der Waals surface area contributed by atoms with Crippen LogP contribution in [0.15, 0.2) is 24.3 Å². The van der Waals surface area contributed by atoms with Crippen LogP contribution < -0.4 is 10.6 Å². The average Bonchev–Trinajstić information content (AvgIpc) is 2.42. The number of hydrogen-bond donors (Lipinski definition) is 2. The van der Waals surface area contributed by atoms with E-state index in [4.69, 9.17) is 23.8 Å². The molecule has 2 N–H and O–H groups in total. The van der Waals surface area contributed by atoms with Gasteiger partial charge in [0.1, 0.15) is 0 Å². The maximum absolute atomic E-state index is 12.0. The molecule has 1 aliphatic rings. The molecule has 102 valence electrons. The van der Waals surface area contributed by atoms with Gasteiger partial charge in [0.2, 0.25) is 5.91 Å². The second-order valence-electron chi connectivity index (χ2n) is 4.79. The molecule has 1 amide bonds. The van der Waals surface area contributed by atoms with Crippen molar-refractivity contribution < 1.29 is 4.79 Å². The first-order valence-electron chi connectivity index (χ1n) is 6.52. The van der Waals surface area contributed by atoms with Gasteiger partial charge in [-0.3, -0.25) is 4.79 Å². The van der Waals surface area contributed by atoms with Crippen molar-refractivity contribution in [3.8, 4) is 0 Å². The van der Waals surface area contributed by atoms with Crippen LogP contribution in [0, 0.1) is 5.92 Å². The van der Waals surface area contributed by atoms with Crippen molar-refractivity contribution in [2.75, 3.05) is 5.32 Å². The van der Waals surface area contributed by atoms with E-state index >= 15 is 0 Å². The third-order valence-corrected chi connectivity index (χ3v) is 3.77. The zero-order valence-electron chi connectivity index (χ0n) is 10.6. The summed E-state index contributed by atoms with van der Waals surface area (Å²) in [6.07, 6.45) is 5.44. The van der Waals surface area contributed by atoms with Crippen LogP contribution in [-0.2, 0) is 4.79 Å². The van der Waals surface area contributed by atoms with Crippen LogP contribution in [0.25, 0.3) is 0 Å². The molecule has 2 rings (SSSR count). The van der Waals surface area contributed by atoms with Gasteiger partial charge in [0.05, 0.1) is 0 Å². The first-order valence-corrected chi connectivity index (χ1v) is 7.31. The van der Waals surface area contributed by atoms with Crippen LogP contribution in [-0.4, -0.2) is 11.0 Å². The summed E-state index contributed by atoms with van der Waals surface area (Å²) in [5.74, 6) is 0.143. The second kappa shape index (κ2) is 6.87. The number of anilines is 1. The zero-order valence-corrected chi connectivity index (χ0v) is 12.2. The van der Waals surface area contributed by atoms with E-state index in [0.29, 0.717) is 10.1 Å². The summed E-state index contributed by atoms with van der Waals surface area (Å²) in [7, 11) is 0. The fourth-order valence-corrected chi connectivity index (χ4v) is 2.62. The Kier molecular flexibility index (Phi) is 5.16. The van der Waals surface area contributed by atoms with E-state index in [-0.39, 0.29) is 11.8 Å². The van der Waals surface area contributed by atoms with Gasteiger partial charge in [0.15, 0.2) is 5.11 Å². The summed E-state index contributed by atoms with van der Waals surface area (Å²) in [5, 5.41) is 6.76. The van der Waals surface area contributed by atoms with Crippen molar-refractivity contribution in [2.24, 2.45) is 5.92 Å². The highest BCUT2D eigenvalue weighted by Crippen LogP contribution is 2.23. The maximum Gasteiger partial charge on any atom is 0.229 e. The molecule has 1 fully saturated rings. The van der Waals surface area contributed by atoms with Crippen LogP contribution in [0.1, 0.15) is 32.1 Å². The molecule has 19 heavy (non-hydrogen) atoms. The highest BCUT2D eigenvalue weighted by atomic mass is 35.5. The minimum atomic E-state index is 0.0335. The van der Waals surface area contributed by atoms with E-state index in [1.807, 2.05) is 12.1 Å². The molecular weight excluding hydrogens is 280 g/mol. The minimum absolute atomic E-state index is 0.0335. The topological polar surface area (TPSA) is 41.1 Å². The van der Waals surface area contributed by atoms with Gasteiger partial charge < -0.3 is 10.6 Å². The molecule has 3 nitrogen and oxygen atoms in total. The van der Waals surface area contributed by atoms with Crippen molar-refractivity contribution >= 4 is 40.5 Å². The molecule has 0 spiro atoms. The Morgan fingerprint density at radius 2 is 1.79 bits per heavy atom. The van der Waals surface area contributed by atoms with Gasteiger partial charge >= 0.3 is 0 Å². The largest absolute Gasteiger partial charge is 0.332 e. The lowest BCUT2D eigenvalue weighted by Gasteiger charge is -2.21. The number of amides is 1. The number of carbonyl (C=O) groups is 1. The molecule has 1 aliphatic carbocycles. The van der Waals surface area contributed by atoms with Crippen molar-refractivity contribution in [3.05, 3.63) is 29.3 Å². The average molecular weight is 297 g/mol. The number of rotatable bonds is 2. The van der Waals surface area contributed by atoms with Crippen molar-refractivity contribution in [1.29, 1.82) is 0 Å². The quantitative estimate of drug-likeness (QED) is 0.817. The summed E-state index contributed by atoms with van der Waals surface area (Å²) in [5.41, 5.74) is 0.818. The van der Waals surface area contributed by atoms with Gasteiger partial charge in [0, 0.05) is 16.6 Å². The molecule has 0 saturated heterocycles. The lowest BCUT2D eigenvalue weighted by atomic mass is 9.89. The van der Waals surface area contributed by atoms with E-state index in [1.165, 1.54) is 6.42 Å². The lowest BCUT2D eigenvalue weighted by Crippen LogP contribution is -2.38. The van der Waals surface area contributed by atoms with E-state index in [1.54, 1.807) is 12.1 Å². The van der Waals surface area contributed by atoms with E-state index in [0.717, 1.165) is 31.4 Å². The number of thiocarbonyl (C=S) groups is 1. The van der Waals surface area contributed by atoms with Crippen molar-refractivity contribution in [2.45, 2.75) is 32.1 Å². The molecule has 0 atom stereocenters. The second-order valence-corrected chi connectivity index (χ2v) is 5.63. The molecular formula is C14H17ClN2OS. The van der Waals surface area contributed by atoms with Gasteiger partial charge in [-0.1, -0.05) is 30.9 Å². The first kappa shape index (κ1) is 14.3. The molecule has 5 heteroatoms. The molecule has 0 aromatic heterocycles. The Morgan fingerprint density at radius 3 is 2.42 bits per heavy atom. The van der Waals surface area contributed by atoms with Gasteiger partial charge in [-0.05, 0) is 49.3 Å². The third-order valence-electron chi connectivity index (χ3n) is 3.31. The number of nitrogens with one attached hydrogen (secondary N) is 2. The van der Waals surface area contributed by atoms with Gasteiger partial charge in [-0.25, -0.2) is 0 Å². The SMILES string of the molecule is O=C(NC(=S)Nc1ccc(Cl)cc1)C1CCCCC1. The number of carbonyl (C=O) groups excluding carboxylic acids is 1. The fraction of sp³-hybridized carbons (Fsp3) is 0.429. The van der Waals surface area contributed by atoms with Crippen molar-refractivity contribution in [1.82, 2.24) is 5.32 Å². The Morgan fingerprint density at radius 1 is 1.16 bits per heavy atom. The third kappa shape index (κ3) is 4.48. The number of hydrogen-bond acceptors (Lipinski definition) is 2. The van der Waals surface area contributed by atoms with E-state index in [9.17, 15) is 4.79 Å². The van der Waals surface area contributed by atoms with Crippen LogP contribution in [0.2, 0.25) is 5.02 Å². The van der Waals surface area contributed by atoms with Gasteiger partial charge in [-0.15, -0.1) is 0 Å². The normalized spacial score (nSPS) is 15.8. The van der Waals surface area contributed by atoms with Crippen LogP contribution in [0.4, 0.5) is 5.69 Å². The molecule has 0 bridgehead atoms. The Labute approximate surface area is 123 Å². The molecule has 0 unspecified atom stereocenters. The monoisotopic (exact) mass is 296 g/mol. The zero-order chi connectivity index (χ0) is 13.7. The predicted octanol–water partition coefficient (Wildman–Crippen LogP) is 3.73. The van der Waals surface area contributed by atoms with Crippen molar-refractivity contribution in [3.63, 3.8) is 0 Å². The Hall–Kier alpha value is -1.13. The molecule has 0 heterocycles. The Bertz CT molecular complexity index is 455. The summed E-state index contributed by atoms with van der Waals surface area (Å²) >= 11 is 10.9. The van der Waals surface area contributed by atoms with Gasteiger partial charge in [0.25, 0.3) is 0 Å². The summed E-state index contributed by atoms with van der Waals surface area (Å²) < 4.78 is 0. The van der Waals surface area contributed by atoms with Crippen LogP contribution in [0.5, 0.6) is 0 Å². The maximum atomic E-state index is 12.0. The standard InChI is InChI=1S/C14H17ClN2OS/c15-11-6-8-12(9-7-11)16-14(19)17-13(18)10-4-2-1-3-5-10/h6-10H,1-5H2,(H2,16,17,18,19). The summed E-state index contributed by atoms with van der Waals surface area (Å²) in [6.45, 7) is 0. The van der Waals surface area contributed by atoms with Crippen LogP contribution >= 0.6 is 23.8 Å². The van der Waals surface area contributed by atoms with Crippen LogP contribution in [0.3, 0.4) is 0 Å². The summed E-state index contributed by atoms with van der Waals surface area (Å²) in [4.78, 5) is 12.0. The molecule has 1 aromatic rings. The fourth-order valence-electron chi connectivity index (χ4n) is 2.27. The Balaban J connectivity index is 1.83. The molecule has 1 aromatic carbocycles. The lowest BCUT2D eigenvalue weighted by molar-refractivity contribution is -0.124. The molecule has 0 aliphatic heterocycles. The predicted molar refractivity (Wildman–Crippen MR) is 82.4 cm³/mol.